The van der Waals surface area contributed by atoms with Crippen LogP contribution in [0, 0.1) is 6.92 Å². The van der Waals surface area contributed by atoms with Gasteiger partial charge in [-0.05, 0) is 38.0 Å². The average molecular weight is 364 g/mol. The maximum atomic E-state index is 6.40. The van der Waals surface area contributed by atoms with Gasteiger partial charge in [-0.3, -0.25) is 0 Å². The second-order valence-corrected chi connectivity index (χ2v) is 6.25. The molecule has 25 heavy (non-hydrogen) atoms. The van der Waals surface area contributed by atoms with Gasteiger partial charge in [0.15, 0.2) is 5.82 Å². The Morgan fingerprint density at radius 2 is 2.00 bits per heavy atom. The highest BCUT2D eigenvalue weighted by Gasteiger charge is 2.18. The van der Waals surface area contributed by atoms with Gasteiger partial charge in [-0.25, -0.2) is 9.97 Å². The van der Waals surface area contributed by atoms with E-state index in [1.807, 2.05) is 26.1 Å². The van der Waals surface area contributed by atoms with Crippen molar-refractivity contribution in [1.29, 1.82) is 0 Å². The standard InChI is InChI=1S/C19H26ClN3O2/c1-6-8-13(7-2)25-19-18(21-4)23-17(12(3)22-19)15-10-9-14(24-5)11-16(15)20/h9-11,13H,6-8H2,1-5H3,(H,21,23). The topological polar surface area (TPSA) is 56.3 Å². The number of nitrogens with one attached hydrogen (secondary N) is 1. The van der Waals surface area contributed by atoms with E-state index in [2.05, 4.69) is 24.1 Å². The molecular formula is C19H26ClN3O2. The lowest BCUT2D eigenvalue weighted by Gasteiger charge is -2.19. The Morgan fingerprint density at radius 3 is 2.56 bits per heavy atom. The lowest BCUT2D eigenvalue weighted by atomic mass is 10.1. The molecule has 0 aliphatic heterocycles. The fourth-order valence-corrected chi connectivity index (χ4v) is 2.90. The highest BCUT2D eigenvalue weighted by Crippen LogP contribution is 2.34. The Hall–Kier alpha value is -2.01. The van der Waals surface area contributed by atoms with Gasteiger partial charge < -0.3 is 14.8 Å². The number of rotatable bonds is 8. The van der Waals surface area contributed by atoms with Crippen LogP contribution in [0.25, 0.3) is 11.3 Å². The van der Waals surface area contributed by atoms with Gasteiger partial charge in [0.1, 0.15) is 11.9 Å². The third-order valence-electron chi connectivity index (χ3n) is 4.05. The molecule has 0 aliphatic rings. The predicted molar refractivity (Wildman–Crippen MR) is 103 cm³/mol. The number of aromatic nitrogens is 2. The summed E-state index contributed by atoms with van der Waals surface area (Å²) in [5.74, 6) is 1.86. The van der Waals surface area contributed by atoms with E-state index in [4.69, 9.17) is 26.1 Å². The van der Waals surface area contributed by atoms with Crippen molar-refractivity contribution in [2.24, 2.45) is 0 Å². The first-order valence-electron chi connectivity index (χ1n) is 8.60. The molecule has 0 amide bonds. The molecule has 0 fully saturated rings. The number of methoxy groups -OCH3 is 1. The molecule has 0 aliphatic carbocycles. The smallest absolute Gasteiger partial charge is 0.257 e. The van der Waals surface area contributed by atoms with Crippen LogP contribution < -0.4 is 14.8 Å². The number of halogens is 1. The molecule has 6 heteroatoms. The zero-order valence-electron chi connectivity index (χ0n) is 15.5. The molecule has 1 aromatic heterocycles. The molecule has 2 aromatic rings. The van der Waals surface area contributed by atoms with E-state index in [0.717, 1.165) is 36.2 Å². The fourth-order valence-electron chi connectivity index (χ4n) is 2.64. The van der Waals surface area contributed by atoms with Crippen molar-refractivity contribution in [3.05, 3.63) is 28.9 Å². The molecule has 0 radical (unpaired) electrons. The van der Waals surface area contributed by atoms with Crippen molar-refractivity contribution >= 4 is 17.4 Å². The Balaban J connectivity index is 2.42. The van der Waals surface area contributed by atoms with Crippen molar-refractivity contribution in [2.75, 3.05) is 19.5 Å². The Bertz CT molecular complexity index is 722. The third-order valence-corrected chi connectivity index (χ3v) is 4.36. The molecule has 0 saturated carbocycles. The lowest BCUT2D eigenvalue weighted by molar-refractivity contribution is 0.178. The van der Waals surface area contributed by atoms with Crippen molar-refractivity contribution < 1.29 is 9.47 Å². The van der Waals surface area contributed by atoms with Crippen LogP contribution in [0.5, 0.6) is 11.6 Å². The first-order valence-corrected chi connectivity index (χ1v) is 8.98. The normalized spacial score (nSPS) is 11.9. The minimum Gasteiger partial charge on any atom is -0.497 e. The maximum absolute atomic E-state index is 6.40. The molecule has 1 atom stereocenters. The number of aryl methyl sites for hydroxylation is 1. The molecule has 0 spiro atoms. The summed E-state index contributed by atoms with van der Waals surface area (Å²) >= 11 is 6.40. The van der Waals surface area contributed by atoms with Gasteiger partial charge in [0, 0.05) is 12.6 Å². The average Bonchev–Trinajstić information content (AvgIpc) is 2.61. The quantitative estimate of drug-likeness (QED) is 0.705. The van der Waals surface area contributed by atoms with Crippen LogP contribution >= 0.6 is 11.6 Å². The van der Waals surface area contributed by atoms with Crippen LogP contribution in [0.15, 0.2) is 18.2 Å². The molecule has 136 valence electrons. The Labute approximate surface area is 154 Å². The summed E-state index contributed by atoms with van der Waals surface area (Å²) in [5, 5.41) is 3.65. The van der Waals surface area contributed by atoms with Crippen molar-refractivity contribution in [2.45, 2.75) is 46.1 Å². The van der Waals surface area contributed by atoms with E-state index in [0.29, 0.717) is 22.5 Å². The van der Waals surface area contributed by atoms with Gasteiger partial charge in [0.25, 0.3) is 5.88 Å². The van der Waals surface area contributed by atoms with Crippen molar-refractivity contribution in [1.82, 2.24) is 9.97 Å². The number of benzene rings is 1. The summed E-state index contributed by atoms with van der Waals surface area (Å²) in [6.45, 7) is 6.18. The van der Waals surface area contributed by atoms with Crippen molar-refractivity contribution in [3.8, 4) is 22.9 Å². The first kappa shape index (κ1) is 19.3. The summed E-state index contributed by atoms with van der Waals surface area (Å²) in [4.78, 5) is 9.34. The predicted octanol–water partition coefficient (Wildman–Crippen LogP) is 5.11. The maximum Gasteiger partial charge on any atom is 0.257 e. The third kappa shape index (κ3) is 4.54. The number of anilines is 1. The van der Waals surface area contributed by atoms with Crippen LogP contribution in [0.3, 0.4) is 0 Å². The van der Waals surface area contributed by atoms with Gasteiger partial charge in [-0.2, -0.15) is 0 Å². The molecule has 2 rings (SSSR count). The number of hydrogen-bond donors (Lipinski definition) is 1. The van der Waals surface area contributed by atoms with E-state index in [9.17, 15) is 0 Å². The van der Waals surface area contributed by atoms with Gasteiger partial charge in [-0.1, -0.05) is 31.9 Å². The fraction of sp³-hybridized carbons (Fsp3) is 0.474. The van der Waals surface area contributed by atoms with Crippen LogP contribution in [-0.2, 0) is 0 Å². The van der Waals surface area contributed by atoms with E-state index in [1.165, 1.54) is 0 Å². The molecule has 5 nitrogen and oxygen atoms in total. The highest BCUT2D eigenvalue weighted by atomic mass is 35.5. The first-order chi connectivity index (χ1) is 12.0. The molecule has 1 N–H and O–H groups in total. The molecular weight excluding hydrogens is 338 g/mol. The van der Waals surface area contributed by atoms with E-state index in [1.54, 1.807) is 13.2 Å². The minimum absolute atomic E-state index is 0.140. The van der Waals surface area contributed by atoms with E-state index < -0.39 is 0 Å². The van der Waals surface area contributed by atoms with Gasteiger partial charge in [0.05, 0.1) is 23.5 Å². The Morgan fingerprint density at radius 1 is 1.24 bits per heavy atom. The van der Waals surface area contributed by atoms with Crippen molar-refractivity contribution in [3.63, 3.8) is 0 Å². The van der Waals surface area contributed by atoms with Gasteiger partial charge in [-0.15, -0.1) is 0 Å². The lowest BCUT2D eigenvalue weighted by Crippen LogP contribution is -2.17. The van der Waals surface area contributed by atoms with E-state index in [-0.39, 0.29) is 6.10 Å². The number of nitrogens with zero attached hydrogens (tertiary/aromatic N) is 2. The van der Waals surface area contributed by atoms with Gasteiger partial charge in [0.2, 0.25) is 0 Å². The summed E-state index contributed by atoms with van der Waals surface area (Å²) in [6, 6.07) is 5.53. The SMILES string of the molecule is CCCC(CC)Oc1nc(C)c(-c2ccc(OC)cc2Cl)nc1NC. The summed E-state index contributed by atoms with van der Waals surface area (Å²) in [5.41, 5.74) is 2.32. The second-order valence-electron chi connectivity index (χ2n) is 5.84. The Kier molecular flexibility index (Phi) is 6.88. The zero-order chi connectivity index (χ0) is 18.4. The molecule has 1 unspecified atom stereocenters. The molecule has 1 aromatic carbocycles. The summed E-state index contributed by atoms with van der Waals surface area (Å²) in [6.07, 6.45) is 3.14. The summed E-state index contributed by atoms with van der Waals surface area (Å²) in [7, 11) is 3.43. The number of ether oxygens (including phenoxy) is 2. The van der Waals surface area contributed by atoms with Crippen LogP contribution in [0.4, 0.5) is 5.82 Å². The van der Waals surface area contributed by atoms with Crippen LogP contribution in [0.2, 0.25) is 5.02 Å². The second kappa shape index (κ2) is 8.90. The molecule has 1 heterocycles. The monoisotopic (exact) mass is 363 g/mol. The molecule has 0 saturated heterocycles. The van der Waals surface area contributed by atoms with E-state index >= 15 is 0 Å². The van der Waals surface area contributed by atoms with Crippen LogP contribution in [0.1, 0.15) is 38.8 Å². The van der Waals surface area contributed by atoms with Gasteiger partial charge >= 0.3 is 0 Å². The minimum atomic E-state index is 0.140. The summed E-state index contributed by atoms with van der Waals surface area (Å²) < 4.78 is 11.3. The largest absolute Gasteiger partial charge is 0.497 e. The highest BCUT2D eigenvalue weighted by molar-refractivity contribution is 6.33. The zero-order valence-corrected chi connectivity index (χ0v) is 16.3. The van der Waals surface area contributed by atoms with Crippen LogP contribution in [-0.4, -0.2) is 30.2 Å². The molecule has 0 bridgehead atoms. The number of hydrogen-bond acceptors (Lipinski definition) is 5.